The van der Waals surface area contributed by atoms with Gasteiger partial charge in [0.1, 0.15) is 18.3 Å². The first-order valence-electron chi connectivity index (χ1n) is 8.24. The maximum absolute atomic E-state index is 13.8. The molecule has 0 spiro atoms. The van der Waals surface area contributed by atoms with E-state index in [1.165, 1.54) is 22.4 Å². The number of halogens is 1. The van der Waals surface area contributed by atoms with Crippen LogP contribution in [0.15, 0.2) is 54.4 Å². The fraction of sp³-hybridized carbons (Fsp3) is 0.263. The smallest absolute Gasteiger partial charge is 0.139 e. The number of thiophene rings is 1. The lowest BCUT2D eigenvalue weighted by Crippen LogP contribution is -2.40. The largest absolute Gasteiger partial charge is 0.477 e. The number of rotatable bonds is 10. The minimum atomic E-state index is -0.219. The summed E-state index contributed by atoms with van der Waals surface area (Å²) < 4.78 is 19.5. The molecule has 140 valence electrons. The molecule has 0 saturated heterocycles. The first-order valence-corrected chi connectivity index (χ1v) is 9.12. The van der Waals surface area contributed by atoms with E-state index >= 15 is 0 Å². The quantitative estimate of drug-likeness (QED) is 0.257. The molecule has 0 aliphatic heterocycles. The van der Waals surface area contributed by atoms with Crippen molar-refractivity contribution < 1.29 is 9.13 Å². The lowest BCUT2D eigenvalue weighted by molar-refractivity contribution is 0.263. The average molecular weight is 377 g/mol. The van der Waals surface area contributed by atoms with E-state index in [9.17, 15) is 4.39 Å². The van der Waals surface area contributed by atoms with E-state index in [4.69, 9.17) is 16.3 Å². The zero-order valence-electron chi connectivity index (χ0n) is 14.8. The van der Waals surface area contributed by atoms with E-state index in [0.717, 1.165) is 16.3 Å². The van der Waals surface area contributed by atoms with Crippen molar-refractivity contribution in [3.05, 3.63) is 70.7 Å². The molecule has 0 aliphatic carbocycles. The van der Waals surface area contributed by atoms with E-state index in [-0.39, 0.29) is 18.6 Å². The van der Waals surface area contributed by atoms with Crippen LogP contribution in [0.3, 0.4) is 0 Å². The summed E-state index contributed by atoms with van der Waals surface area (Å²) in [4.78, 5) is 0.978. The third kappa shape index (κ3) is 5.67. The second-order valence-corrected chi connectivity index (χ2v) is 6.68. The molecule has 0 aliphatic rings. The van der Waals surface area contributed by atoms with Crippen LogP contribution in [0.25, 0.3) is 5.70 Å². The second kappa shape index (κ2) is 10.1. The molecule has 0 bridgehead atoms. The number of benzene rings is 1. The number of nitrogens with zero attached hydrogens (tertiary/aromatic N) is 1. The summed E-state index contributed by atoms with van der Waals surface area (Å²) in [6, 6.07) is 8.56. The van der Waals surface area contributed by atoms with Gasteiger partial charge >= 0.3 is 0 Å². The number of nitrogens with two attached hydrogens (primary N) is 2. The van der Waals surface area contributed by atoms with Gasteiger partial charge in [0.25, 0.3) is 0 Å². The van der Waals surface area contributed by atoms with Crippen molar-refractivity contribution in [1.82, 2.24) is 10.3 Å². The molecule has 0 saturated carbocycles. The number of allylic oxidation sites excluding steroid dienone is 2. The van der Waals surface area contributed by atoms with Crippen LogP contribution in [0.1, 0.15) is 10.4 Å². The number of nitrogens with one attached hydrogen (secondary N) is 1. The first kappa shape index (κ1) is 20.1. The highest BCUT2D eigenvalue weighted by atomic mass is 32.1. The van der Waals surface area contributed by atoms with Gasteiger partial charge in [0, 0.05) is 31.1 Å². The van der Waals surface area contributed by atoms with Gasteiger partial charge in [-0.05, 0) is 24.1 Å². The monoisotopic (exact) mass is 376 g/mol. The summed E-state index contributed by atoms with van der Waals surface area (Å²) in [6.07, 6.45) is 4.04. The highest BCUT2D eigenvalue weighted by Crippen LogP contribution is 2.28. The molecule has 7 heteroatoms. The average Bonchev–Trinajstić information content (AvgIpc) is 3.08. The Hall–Kier alpha value is -2.19. The third-order valence-electron chi connectivity index (χ3n) is 3.80. The van der Waals surface area contributed by atoms with Crippen LogP contribution in [0.5, 0.6) is 5.75 Å². The number of hydrogen-bond donors (Lipinski definition) is 3. The van der Waals surface area contributed by atoms with E-state index in [0.29, 0.717) is 18.5 Å². The molecule has 0 unspecified atom stereocenters. The summed E-state index contributed by atoms with van der Waals surface area (Å²) in [5, 5.41) is 6.65. The van der Waals surface area contributed by atoms with Crippen LogP contribution < -0.4 is 21.6 Å². The number of hydrogen-bond acceptors (Lipinski definition) is 6. The van der Waals surface area contributed by atoms with Crippen molar-refractivity contribution in [2.75, 3.05) is 20.3 Å². The van der Waals surface area contributed by atoms with Gasteiger partial charge in [0.2, 0.25) is 0 Å². The van der Waals surface area contributed by atoms with Gasteiger partial charge in [-0.25, -0.2) is 10.2 Å². The zero-order chi connectivity index (χ0) is 18.9. The Labute approximate surface area is 157 Å². The second-order valence-electron chi connectivity index (χ2n) is 5.77. The maximum atomic E-state index is 13.8. The highest BCUT2D eigenvalue weighted by molar-refractivity contribution is 7.11. The topological polar surface area (TPSA) is 76.5 Å². The lowest BCUT2D eigenvalue weighted by Gasteiger charge is -2.17. The molecule has 0 fully saturated rings. The Bertz CT molecular complexity index is 745. The van der Waals surface area contributed by atoms with E-state index < -0.39 is 0 Å². The molecular weight excluding hydrogens is 351 g/mol. The Morgan fingerprint density at radius 1 is 1.46 bits per heavy atom. The van der Waals surface area contributed by atoms with Crippen LogP contribution in [0.4, 0.5) is 4.39 Å². The normalized spacial score (nSPS) is 12.7. The predicted octanol–water partition coefficient (Wildman–Crippen LogP) is 2.72. The highest BCUT2D eigenvalue weighted by Gasteiger charge is 2.11. The van der Waals surface area contributed by atoms with Crippen molar-refractivity contribution in [2.24, 2.45) is 11.6 Å². The lowest BCUT2D eigenvalue weighted by atomic mass is 10.1. The Morgan fingerprint density at radius 3 is 2.88 bits per heavy atom. The minimum absolute atomic E-state index is 0.0728. The molecule has 2 rings (SSSR count). The van der Waals surface area contributed by atoms with Crippen molar-refractivity contribution in [1.29, 1.82) is 0 Å². The Morgan fingerprint density at radius 2 is 2.23 bits per heavy atom. The molecule has 2 aromatic rings. The molecule has 5 nitrogen and oxygen atoms in total. The van der Waals surface area contributed by atoms with Gasteiger partial charge in [0.15, 0.2) is 0 Å². The Kier molecular flexibility index (Phi) is 7.80. The van der Waals surface area contributed by atoms with Crippen LogP contribution >= 0.6 is 11.3 Å². The SMILES string of the molecule is C=C/C=C(/c1cc(OCN[C@H](CN)Cc2ccccc2F)cs1)N(C)N. The summed E-state index contributed by atoms with van der Waals surface area (Å²) in [5.41, 5.74) is 7.28. The molecule has 0 radical (unpaired) electrons. The van der Waals surface area contributed by atoms with Crippen molar-refractivity contribution in [3.8, 4) is 5.75 Å². The molecule has 1 atom stereocenters. The molecule has 1 aromatic carbocycles. The van der Waals surface area contributed by atoms with Gasteiger partial charge in [0.05, 0.1) is 10.6 Å². The standard InChI is InChI=1S/C19H25FN4OS/c1-3-6-18(24(2)22)19-10-16(12-26-19)25-13-23-15(11-21)9-14-7-4-5-8-17(14)20/h3-8,10,12,15,23H,1,9,11,13,21-22H2,2H3/b18-6-/t15-/m0/s1. The van der Waals surface area contributed by atoms with E-state index in [1.54, 1.807) is 25.3 Å². The van der Waals surface area contributed by atoms with Gasteiger partial charge in [-0.1, -0.05) is 30.9 Å². The minimum Gasteiger partial charge on any atom is -0.477 e. The van der Waals surface area contributed by atoms with Gasteiger partial charge in [-0.3, -0.25) is 5.32 Å². The number of ether oxygens (including phenoxy) is 1. The third-order valence-corrected chi connectivity index (χ3v) is 4.73. The molecule has 1 aromatic heterocycles. The number of hydrazine groups is 1. The summed E-state index contributed by atoms with van der Waals surface area (Å²) in [5.74, 6) is 6.35. The molecular formula is C19H25FN4OS. The summed E-state index contributed by atoms with van der Waals surface area (Å²) in [6.45, 7) is 4.37. The summed E-state index contributed by atoms with van der Waals surface area (Å²) in [7, 11) is 1.77. The van der Waals surface area contributed by atoms with Gasteiger partial charge in [-0.15, -0.1) is 11.3 Å². The van der Waals surface area contributed by atoms with Crippen molar-refractivity contribution in [3.63, 3.8) is 0 Å². The maximum Gasteiger partial charge on any atom is 0.139 e. The van der Waals surface area contributed by atoms with Crippen LogP contribution in [0, 0.1) is 5.82 Å². The van der Waals surface area contributed by atoms with Crippen LogP contribution in [-0.2, 0) is 6.42 Å². The zero-order valence-corrected chi connectivity index (χ0v) is 15.6. The Balaban J connectivity index is 1.89. The van der Waals surface area contributed by atoms with Crippen molar-refractivity contribution in [2.45, 2.75) is 12.5 Å². The van der Waals surface area contributed by atoms with E-state index in [1.807, 2.05) is 23.6 Å². The molecule has 26 heavy (non-hydrogen) atoms. The molecule has 1 heterocycles. The predicted molar refractivity (Wildman–Crippen MR) is 106 cm³/mol. The van der Waals surface area contributed by atoms with E-state index in [2.05, 4.69) is 11.9 Å². The van der Waals surface area contributed by atoms with Crippen LogP contribution in [-0.4, -0.2) is 31.4 Å². The molecule has 5 N–H and O–H groups in total. The fourth-order valence-electron chi connectivity index (χ4n) is 2.43. The fourth-order valence-corrected chi connectivity index (χ4v) is 3.32. The van der Waals surface area contributed by atoms with Crippen LogP contribution in [0.2, 0.25) is 0 Å². The van der Waals surface area contributed by atoms with Gasteiger partial charge < -0.3 is 15.5 Å². The van der Waals surface area contributed by atoms with Crippen molar-refractivity contribution >= 4 is 17.0 Å². The summed E-state index contributed by atoms with van der Waals surface area (Å²) >= 11 is 1.53. The first-order chi connectivity index (χ1) is 12.5. The molecule has 0 amide bonds. The van der Waals surface area contributed by atoms with Gasteiger partial charge in [-0.2, -0.15) is 0 Å².